The van der Waals surface area contributed by atoms with E-state index in [1.54, 1.807) is 0 Å². The molecule has 0 heterocycles. The summed E-state index contributed by atoms with van der Waals surface area (Å²) in [5, 5.41) is 2.88. The van der Waals surface area contributed by atoms with Crippen molar-refractivity contribution in [2.24, 2.45) is 5.92 Å². The smallest absolute Gasteiger partial charge is 0.304 e. The summed E-state index contributed by atoms with van der Waals surface area (Å²) < 4.78 is 56.7. The average molecular weight is 587 g/mol. The van der Waals surface area contributed by atoms with Crippen LogP contribution in [-0.2, 0) is 32.8 Å². The molecule has 0 aromatic heterocycles. The average Bonchev–Trinajstić information content (AvgIpc) is 2.94. The summed E-state index contributed by atoms with van der Waals surface area (Å²) in [6, 6.07) is 18.8. The van der Waals surface area contributed by atoms with E-state index in [4.69, 9.17) is 0 Å². The van der Waals surface area contributed by atoms with Crippen LogP contribution in [0.4, 0.5) is 14.5 Å². The van der Waals surface area contributed by atoms with Crippen LogP contribution in [0.1, 0.15) is 25.0 Å². The first-order valence-corrected chi connectivity index (χ1v) is 14.6. The summed E-state index contributed by atoms with van der Waals surface area (Å²) in [6.07, 6.45) is 0.137. The fraction of sp³-hybridized carbons (Fsp3) is 0.333. The topological polar surface area (TPSA) is 90.0 Å². The van der Waals surface area contributed by atoms with Gasteiger partial charge in [0.15, 0.2) is 0 Å². The van der Waals surface area contributed by atoms with Gasteiger partial charge in [0.05, 0.1) is 5.69 Å². The van der Waals surface area contributed by atoms with E-state index in [0.29, 0.717) is 16.4 Å². The zero-order valence-corrected chi connectivity index (χ0v) is 24.4. The summed E-state index contributed by atoms with van der Waals surface area (Å²) in [7, 11) is -1.76. The normalized spacial score (nSPS) is 12.3. The largest absolute Gasteiger partial charge is 0.354 e. The Morgan fingerprint density at radius 1 is 0.854 bits per heavy atom. The predicted octanol–water partition coefficient (Wildman–Crippen LogP) is 3.99. The third-order valence-corrected chi connectivity index (χ3v) is 8.17. The Balaban J connectivity index is 2.09. The van der Waals surface area contributed by atoms with Gasteiger partial charge < -0.3 is 10.2 Å². The maximum absolute atomic E-state index is 14.9. The van der Waals surface area contributed by atoms with Crippen molar-refractivity contribution < 1.29 is 26.8 Å². The molecule has 41 heavy (non-hydrogen) atoms. The second kappa shape index (κ2) is 14.2. The number of nitrogens with zero attached hydrogens (tertiary/aromatic N) is 3. The quantitative estimate of drug-likeness (QED) is 0.328. The monoisotopic (exact) mass is 586 g/mol. The third kappa shape index (κ3) is 8.58. The molecule has 220 valence electrons. The zero-order chi connectivity index (χ0) is 30.2. The van der Waals surface area contributed by atoms with Crippen molar-refractivity contribution in [1.82, 2.24) is 14.5 Å². The number of carbonyl (C=O) groups is 2. The number of halogens is 2. The Labute approximate surface area is 240 Å². The molecule has 0 aliphatic heterocycles. The number of anilines is 1. The number of nitrogens with one attached hydrogen (secondary N) is 1. The van der Waals surface area contributed by atoms with Crippen molar-refractivity contribution in [2.75, 3.05) is 31.5 Å². The van der Waals surface area contributed by atoms with Gasteiger partial charge in [0.2, 0.25) is 11.8 Å². The lowest BCUT2D eigenvalue weighted by Gasteiger charge is -2.34. The molecule has 0 aliphatic carbocycles. The zero-order valence-electron chi connectivity index (χ0n) is 23.6. The lowest BCUT2D eigenvalue weighted by Crippen LogP contribution is -2.54. The van der Waals surface area contributed by atoms with Crippen LogP contribution in [-0.4, -0.2) is 62.7 Å². The molecule has 2 amide bonds. The maximum Gasteiger partial charge on any atom is 0.304 e. The molecule has 0 unspecified atom stereocenters. The van der Waals surface area contributed by atoms with E-state index in [1.165, 1.54) is 61.5 Å². The molecule has 0 aliphatic rings. The minimum atomic E-state index is -4.32. The molecule has 1 N–H and O–H groups in total. The molecule has 11 heteroatoms. The van der Waals surface area contributed by atoms with Gasteiger partial charge in [-0.05, 0) is 41.3 Å². The van der Waals surface area contributed by atoms with E-state index >= 15 is 0 Å². The molecule has 0 saturated heterocycles. The molecule has 3 rings (SSSR count). The number of benzene rings is 3. The first kappa shape index (κ1) is 31.7. The van der Waals surface area contributed by atoms with Gasteiger partial charge in [-0.15, -0.1) is 0 Å². The Morgan fingerprint density at radius 2 is 1.46 bits per heavy atom. The lowest BCUT2D eigenvalue weighted by atomic mass is 10.0. The van der Waals surface area contributed by atoms with Crippen LogP contribution in [0, 0.1) is 17.6 Å². The van der Waals surface area contributed by atoms with Gasteiger partial charge in [-0.3, -0.25) is 9.59 Å². The number of carbonyl (C=O) groups excluding carboxylic acids is 2. The number of hydrogen-bond acceptors (Lipinski definition) is 4. The van der Waals surface area contributed by atoms with Crippen molar-refractivity contribution in [3.05, 3.63) is 102 Å². The van der Waals surface area contributed by atoms with Gasteiger partial charge in [-0.25, -0.2) is 13.1 Å². The van der Waals surface area contributed by atoms with Crippen molar-refractivity contribution in [1.29, 1.82) is 0 Å². The summed E-state index contributed by atoms with van der Waals surface area (Å²) in [6.45, 7) is 3.35. The highest BCUT2D eigenvalue weighted by Gasteiger charge is 2.35. The van der Waals surface area contributed by atoms with Gasteiger partial charge in [0.25, 0.3) is 0 Å². The molecular formula is C30H36F2N4O4S. The Bertz CT molecular complexity index is 1420. The first-order valence-electron chi connectivity index (χ1n) is 13.2. The van der Waals surface area contributed by atoms with Crippen molar-refractivity contribution in [3.63, 3.8) is 0 Å². The maximum atomic E-state index is 14.9. The van der Waals surface area contributed by atoms with Crippen molar-refractivity contribution in [3.8, 4) is 0 Å². The van der Waals surface area contributed by atoms with Crippen LogP contribution < -0.4 is 9.62 Å². The van der Waals surface area contributed by atoms with E-state index in [0.717, 1.165) is 15.9 Å². The second-order valence-electron chi connectivity index (χ2n) is 10.2. The molecule has 0 fully saturated rings. The molecule has 0 spiro atoms. The van der Waals surface area contributed by atoms with Crippen molar-refractivity contribution >= 4 is 27.7 Å². The first-order chi connectivity index (χ1) is 19.4. The fourth-order valence-electron chi connectivity index (χ4n) is 4.12. The molecule has 0 bridgehead atoms. The molecule has 0 saturated carbocycles. The molecule has 3 aromatic rings. The number of amides is 2. The Kier molecular flexibility index (Phi) is 11.0. The second-order valence-corrected chi connectivity index (χ2v) is 12.3. The van der Waals surface area contributed by atoms with Crippen LogP contribution in [0.3, 0.4) is 0 Å². The minimum Gasteiger partial charge on any atom is -0.354 e. The van der Waals surface area contributed by atoms with Gasteiger partial charge >= 0.3 is 10.2 Å². The SMILES string of the molecule is CC(C)CNC(=O)[C@H](Cc1ccccc1)N(Cc1ccc(F)cc1)C(=O)CN(c1ccccc1F)S(=O)(=O)N(C)C. The van der Waals surface area contributed by atoms with E-state index < -0.39 is 46.2 Å². The van der Waals surface area contributed by atoms with E-state index in [2.05, 4.69) is 5.32 Å². The van der Waals surface area contributed by atoms with Gasteiger partial charge in [0, 0.05) is 33.6 Å². The van der Waals surface area contributed by atoms with Crippen LogP contribution in [0.2, 0.25) is 0 Å². The highest BCUT2D eigenvalue weighted by atomic mass is 32.2. The van der Waals surface area contributed by atoms with E-state index in [-0.39, 0.29) is 24.6 Å². The third-order valence-electron chi connectivity index (χ3n) is 6.36. The summed E-state index contributed by atoms with van der Waals surface area (Å²) in [4.78, 5) is 28.9. The summed E-state index contributed by atoms with van der Waals surface area (Å²) >= 11 is 0. The van der Waals surface area contributed by atoms with E-state index in [9.17, 15) is 26.8 Å². The van der Waals surface area contributed by atoms with Crippen LogP contribution in [0.5, 0.6) is 0 Å². The standard InChI is InChI=1S/C30H36F2N4O4S/c1-22(2)19-33-30(38)28(18-23-10-6-5-7-11-23)35(20-24-14-16-25(31)17-15-24)29(37)21-36(41(39,40)34(3)4)27-13-9-8-12-26(27)32/h5-17,22,28H,18-21H2,1-4H3,(H,33,38)/t28-/m0/s1. The summed E-state index contributed by atoms with van der Waals surface area (Å²) in [5.74, 6) is -2.31. The van der Waals surface area contributed by atoms with Crippen LogP contribution in [0.25, 0.3) is 0 Å². The minimum absolute atomic E-state index is 0.112. The Morgan fingerprint density at radius 3 is 2.05 bits per heavy atom. The number of rotatable bonds is 13. The molecule has 8 nitrogen and oxygen atoms in total. The highest BCUT2D eigenvalue weighted by Crippen LogP contribution is 2.24. The van der Waals surface area contributed by atoms with Gasteiger partial charge in [0.1, 0.15) is 24.2 Å². The predicted molar refractivity (Wildman–Crippen MR) is 155 cm³/mol. The van der Waals surface area contributed by atoms with Gasteiger partial charge in [-0.1, -0.05) is 68.4 Å². The lowest BCUT2D eigenvalue weighted by molar-refractivity contribution is -0.140. The van der Waals surface area contributed by atoms with Gasteiger partial charge in [-0.2, -0.15) is 12.7 Å². The van der Waals surface area contributed by atoms with E-state index in [1.807, 2.05) is 44.2 Å². The Hall–Kier alpha value is -3.83. The molecular weight excluding hydrogens is 550 g/mol. The number of hydrogen-bond donors (Lipinski definition) is 1. The molecule has 3 aromatic carbocycles. The molecule has 1 atom stereocenters. The summed E-state index contributed by atoms with van der Waals surface area (Å²) in [5.41, 5.74) is 1.00. The highest BCUT2D eigenvalue weighted by molar-refractivity contribution is 7.90. The fourth-order valence-corrected chi connectivity index (χ4v) is 5.18. The van der Waals surface area contributed by atoms with Crippen LogP contribution in [0.15, 0.2) is 78.9 Å². The number of para-hydroxylation sites is 1. The molecule has 0 radical (unpaired) electrons. The van der Waals surface area contributed by atoms with Crippen LogP contribution >= 0.6 is 0 Å². The van der Waals surface area contributed by atoms with Crippen molar-refractivity contribution in [2.45, 2.75) is 32.9 Å².